The van der Waals surface area contributed by atoms with Gasteiger partial charge < -0.3 is 4.74 Å². The van der Waals surface area contributed by atoms with Crippen molar-refractivity contribution in [3.05, 3.63) is 0 Å². The summed E-state index contributed by atoms with van der Waals surface area (Å²) < 4.78 is 27.1. The highest BCUT2D eigenvalue weighted by molar-refractivity contribution is 7.61. The lowest BCUT2D eigenvalue weighted by atomic mass is 10.7. The summed E-state index contributed by atoms with van der Waals surface area (Å²) in [6.07, 6.45) is -0.718. The molecule has 6 nitrogen and oxygen atoms in total. The maximum atomic E-state index is 10.4. The lowest BCUT2D eigenvalue weighted by molar-refractivity contribution is 0.159. The van der Waals surface area contributed by atoms with E-state index in [4.69, 9.17) is 0 Å². The third-order valence-electron chi connectivity index (χ3n) is 0.905. The quantitative estimate of drug-likeness (QED) is 0.519. The van der Waals surface area contributed by atoms with Crippen molar-refractivity contribution in [3.63, 3.8) is 0 Å². The van der Waals surface area contributed by atoms with Gasteiger partial charge in [-0.05, 0) is 4.47 Å². The number of hydrogen-bond acceptors (Lipinski definition) is 5. The van der Waals surface area contributed by atoms with Crippen LogP contribution in [-0.4, -0.2) is 32.7 Å². The number of carbonyl (C=O) groups excluding carboxylic acids is 1. The minimum Gasteiger partial charge on any atom is -0.446 e. The molecule has 1 aliphatic heterocycles. The first-order valence-corrected chi connectivity index (χ1v) is 3.48. The fourth-order valence-electron chi connectivity index (χ4n) is 0.540. The van der Waals surface area contributed by atoms with E-state index in [1.807, 2.05) is 0 Å². The van der Waals surface area contributed by atoms with Crippen LogP contribution in [0.1, 0.15) is 0 Å². The van der Waals surface area contributed by atoms with Gasteiger partial charge in [-0.15, -0.1) is 0 Å². The molecule has 56 valence electrons. The van der Waals surface area contributed by atoms with Gasteiger partial charge in [0.15, 0.2) is 0 Å². The van der Waals surface area contributed by atoms with Crippen molar-refractivity contribution < 1.29 is 17.9 Å². The number of carbonyl (C=O) groups is 1. The fourth-order valence-corrected chi connectivity index (χ4v) is 0.849. The average Bonchev–Trinajstić information content (AvgIpc) is 2.15. The molecule has 1 rings (SSSR count). The SMILES string of the molecule is O=C1OCCN1N=S(=O)=O. The minimum atomic E-state index is -2.58. The molecule has 0 saturated carbocycles. The Balaban J connectivity index is 2.75. The molecule has 1 aliphatic rings. The molecule has 0 unspecified atom stereocenters. The summed E-state index contributed by atoms with van der Waals surface area (Å²) in [5, 5.41) is 0.753. The van der Waals surface area contributed by atoms with Crippen LogP contribution in [-0.2, 0) is 15.2 Å². The standard InChI is InChI=1S/C3H4N2O4S/c6-3-5(1-2-9-3)4-10(7)8/h1-2H2. The van der Waals surface area contributed by atoms with E-state index in [0.29, 0.717) is 0 Å². The highest BCUT2D eigenvalue weighted by atomic mass is 32.2. The predicted octanol–water partition coefficient (Wildman–Crippen LogP) is -0.584. The van der Waals surface area contributed by atoms with Crippen molar-refractivity contribution in [2.45, 2.75) is 0 Å². The van der Waals surface area contributed by atoms with Gasteiger partial charge in [0.05, 0.1) is 6.54 Å². The molecule has 0 aliphatic carbocycles. The second-order valence-electron chi connectivity index (χ2n) is 1.54. The Bertz CT molecular complexity index is 260. The number of ether oxygens (including phenoxy) is 1. The van der Waals surface area contributed by atoms with Gasteiger partial charge in [-0.2, -0.15) is 13.4 Å². The number of amides is 1. The van der Waals surface area contributed by atoms with E-state index >= 15 is 0 Å². The minimum absolute atomic E-state index is 0.194. The van der Waals surface area contributed by atoms with E-state index in [2.05, 4.69) is 9.21 Å². The Morgan fingerprint density at radius 3 is 2.70 bits per heavy atom. The first kappa shape index (κ1) is 7.00. The molecule has 0 N–H and O–H groups in total. The summed E-state index contributed by atoms with van der Waals surface area (Å²) in [6.45, 7) is 0.395. The van der Waals surface area contributed by atoms with Crippen LogP contribution in [0.15, 0.2) is 4.47 Å². The monoisotopic (exact) mass is 164 g/mol. The first-order valence-electron chi connectivity index (χ1n) is 2.45. The zero-order valence-electron chi connectivity index (χ0n) is 4.85. The number of hydrogen-bond donors (Lipinski definition) is 0. The molecule has 0 aromatic rings. The number of rotatable bonds is 1. The fraction of sp³-hybridized carbons (Fsp3) is 0.667. The number of cyclic esters (lactones) is 1. The van der Waals surface area contributed by atoms with Gasteiger partial charge >= 0.3 is 16.6 Å². The smallest absolute Gasteiger partial charge is 0.431 e. The van der Waals surface area contributed by atoms with E-state index in [9.17, 15) is 13.2 Å². The molecule has 1 saturated heterocycles. The largest absolute Gasteiger partial charge is 0.446 e. The van der Waals surface area contributed by atoms with E-state index in [0.717, 1.165) is 5.01 Å². The first-order chi connectivity index (χ1) is 4.70. The van der Waals surface area contributed by atoms with Crippen molar-refractivity contribution in [2.75, 3.05) is 13.2 Å². The van der Waals surface area contributed by atoms with Crippen LogP contribution in [0.4, 0.5) is 4.79 Å². The zero-order chi connectivity index (χ0) is 7.56. The molecule has 10 heavy (non-hydrogen) atoms. The molecule has 0 aromatic carbocycles. The van der Waals surface area contributed by atoms with Crippen LogP contribution in [0.3, 0.4) is 0 Å². The molecular formula is C3H4N2O4S. The Hall–Kier alpha value is -1.11. The highest BCUT2D eigenvalue weighted by Crippen LogP contribution is 2.01. The van der Waals surface area contributed by atoms with E-state index in [1.54, 1.807) is 0 Å². The summed E-state index contributed by atoms with van der Waals surface area (Å²) in [7, 11) is -2.58. The van der Waals surface area contributed by atoms with E-state index in [1.165, 1.54) is 0 Å². The van der Waals surface area contributed by atoms with Gasteiger partial charge in [0.25, 0.3) is 0 Å². The van der Waals surface area contributed by atoms with E-state index in [-0.39, 0.29) is 13.2 Å². The van der Waals surface area contributed by atoms with Crippen LogP contribution in [0, 0.1) is 0 Å². The van der Waals surface area contributed by atoms with Gasteiger partial charge in [-0.1, -0.05) is 0 Å². The molecule has 1 heterocycles. The third kappa shape index (κ3) is 1.44. The molecule has 0 aromatic heterocycles. The van der Waals surface area contributed by atoms with Crippen LogP contribution >= 0.6 is 0 Å². The Morgan fingerprint density at radius 2 is 2.30 bits per heavy atom. The van der Waals surface area contributed by atoms with Crippen LogP contribution in [0.25, 0.3) is 0 Å². The summed E-state index contributed by atoms with van der Waals surface area (Å²) in [6, 6.07) is 0. The predicted molar refractivity (Wildman–Crippen MR) is 29.4 cm³/mol. The van der Waals surface area contributed by atoms with Crippen LogP contribution in [0.5, 0.6) is 0 Å². The molecule has 1 amide bonds. The Morgan fingerprint density at radius 1 is 1.60 bits per heavy atom. The summed E-state index contributed by atoms with van der Waals surface area (Å²) in [5.41, 5.74) is 0. The van der Waals surface area contributed by atoms with Crippen LogP contribution in [0.2, 0.25) is 0 Å². The van der Waals surface area contributed by atoms with Gasteiger partial charge in [0, 0.05) is 0 Å². The van der Waals surface area contributed by atoms with Crippen molar-refractivity contribution in [3.8, 4) is 0 Å². The molecule has 7 heteroatoms. The highest BCUT2D eigenvalue weighted by Gasteiger charge is 2.21. The molecule has 0 spiro atoms. The second kappa shape index (κ2) is 2.65. The van der Waals surface area contributed by atoms with Crippen LogP contribution < -0.4 is 0 Å². The molecule has 0 radical (unpaired) electrons. The summed E-state index contributed by atoms with van der Waals surface area (Å²) in [4.78, 5) is 10.4. The molecule has 0 atom stereocenters. The van der Waals surface area contributed by atoms with Crippen molar-refractivity contribution in [1.82, 2.24) is 5.01 Å². The van der Waals surface area contributed by atoms with Gasteiger partial charge in [0.1, 0.15) is 6.61 Å². The normalized spacial score (nSPS) is 16.8. The lowest BCUT2D eigenvalue weighted by Gasteiger charge is -1.97. The summed E-state index contributed by atoms with van der Waals surface area (Å²) in [5.74, 6) is 0. The maximum absolute atomic E-state index is 10.4. The topological polar surface area (TPSA) is 76.0 Å². The van der Waals surface area contributed by atoms with Crippen molar-refractivity contribution in [2.24, 2.45) is 4.47 Å². The number of nitrogens with zero attached hydrogens (tertiary/aromatic N) is 2. The van der Waals surface area contributed by atoms with Gasteiger partial charge in [-0.3, -0.25) is 0 Å². The lowest BCUT2D eigenvalue weighted by Crippen LogP contribution is -2.16. The average molecular weight is 164 g/mol. The molecule has 1 fully saturated rings. The maximum Gasteiger partial charge on any atom is 0.431 e. The van der Waals surface area contributed by atoms with Gasteiger partial charge in [0.2, 0.25) is 0 Å². The Labute approximate surface area is 58.1 Å². The third-order valence-corrected chi connectivity index (χ3v) is 1.24. The molecule has 0 bridgehead atoms. The van der Waals surface area contributed by atoms with Gasteiger partial charge in [-0.25, -0.2) is 4.79 Å². The Kier molecular flexibility index (Phi) is 1.86. The zero-order valence-corrected chi connectivity index (χ0v) is 5.67. The second-order valence-corrected chi connectivity index (χ2v) is 2.13. The van der Waals surface area contributed by atoms with Crippen molar-refractivity contribution >= 4 is 16.6 Å². The van der Waals surface area contributed by atoms with Crippen molar-refractivity contribution in [1.29, 1.82) is 0 Å². The molecular weight excluding hydrogens is 160 g/mol. The van der Waals surface area contributed by atoms with E-state index < -0.39 is 16.6 Å². The summed E-state index contributed by atoms with van der Waals surface area (Å²) >= 11 is 0.